The van der Waals surface area contributed by atoms with Crippen molar-refractivity contribution in [1.82, 2.24) is 4.90 Å². The van der Waals surface area contributed by atoms with Gasteiger partial charge in [0.1, 0.15) is 5.75 Å². The van der Waals surface area contributed by atoms with Gasteiger partial charge in [0.25, 0.3) is 0 Å². The van der Waals surface area contributed by atoms with E-state index in [0.717, 1.165) is 5.56 Å². The van der Waals surface area contributed by atoms with Crippen molar-refractivity contribution in [2.45, 2.75) is 39.3 Å². The van der Waals surface area contributed by atoms with Gasteiger partial charge in [-0.2, -0.15) is 0 Å². The van der Waals surface area contributed by atoms with E-state index in [1.165, 1.54) is 0 Å². The number of benzene rings is 1. The number of ether oxygens (including phenoxy) is 1. The molecule has 1 aromatic carbocycles. The van der Waals surface area contributed by atoms with E-state index in [2.05, 4.69) is 0 Å². The van der Waals surface area contributed by atoms with Crippen molar-refractivity contribution in [2.24, 2.45) is 5.92 Å². The lowest BCUT2D eigenvalue weighted by molar-refractivity contribution is -0.142. The molecule has 1 N–H and O–H groups in total. The summed E-state index contributed by atoms with van der Waals surface area (Å²) < 4.78 is 5.47. The van der Waals surface area contributed by atoms with E-state index >= 15 is 0 Å². The Morgan fingerprint density at radius 3 is 2.76 bits per heavy atom. The smallest absolute Gasteiger partial charge is 0.309 e. The molecule has 2 rings (SSSR count). The highest BCUT2D eigenvalue weighted by Crippen LogP contribution is 2.40. The minimum atomic E-state index is -0.932. The zero-order valence-corrected chi connectivity index (χ0v) is 12.6. The number of hydrogen-bond donors (Lipinski definition) is 1. The molecule has 21 heavy (non-hydrogen) atoms. The number of hydrogen-bond acceptors (Lipinski definition) is 3. The Bertz CT molecular complexity index is 541. The Hall–Kier alpha value is -2.04. The summed E-state index contributed by atoms with van der Waals surface area (Å²) >= 11 is 0. The van der Waals surface area contributed by atoms with Gasteiger partial charge < -0.3 is 14.7 Å². The Balaban J connectivity index is 2.42. The van der Waals surface area contributed by atoms with Crippen LogP contribution in [0.2, 0.25) is 0 Å². The number of carbonyl (C=O) groups is 2. The Morgan fingerprint density at radius 1 is 1.48 bits per heavy atom. The number of carboxylic acids is 1. The van der Waals surface area contributed by atoms with Crippen molar-refractivity contribution in [3.05, 3.63) is 29.8 Å². The van der Waals surface area contributed by atoms with E-state index in [4.69, 9.17) is 4.74 Å². The molecule has 1 saturated heterocycles. The first-order valence-electron chi connectivity index (χ1n) is 7.22. The van der Waals surface area contributed by atoms with Gasteiger partial charge in [0.2, 0.25) is 5.91 Å². The molecule has 2 atom stereocenters. The van der Waals surface area contributed by atoms with Crippen LogP contribution in [0, 0.1) is 5.92 Å². The van der Waals surface area contributed by atoms with E-state index in [1.54, 1.807) is 4.90 Å². The summed E-state index contributed by atoms with van der Waals surface area (Å²) in [7, 11) is 0. The molecule has 1 aromatic rings. The zero-order chi connectivity index (χ0) is 15.6. The van der Waals surface area contributed by atoms with Crippen molar-refractivity contribution in [3.8, 4) is 5.75 Å². The predicted molar refractivity (Wildman–Crippen MR) is 78.1 cm³/mol. The first-order chi connectivity index (χ1) is 9.95. The zero-order valence-electron chi connectivity index (χ0n) is 12.6. The standard InChI is InChI=1S/C16H21NO4/c1-4-21-12-7-5-6-11(8-12)15-13(16(19)20)9-14(18)17(15)10(2)3/h5-8,10,13,15H,4,9H2,1-3H3,(H,19,20). The molecule has 2 unspecified atom stereocenters. The van der Waals surface area contributed by atoms with Gasteiger partial charge in [-0.25, -0.2) is 0 Å². The molecule has 0 saturated carbocycles. The molecular formula is C16H21NO4. The lowest BCUT2D eigenvalue weighted by Gasteiger charge is -2.30. The van der Waals surface area contributed by atoms with Crippen molar-refractivity contribution < 1.29 is 19.4 Å². The van der Waals surface area contributed by atoms with Gasteiger partial charge in [0.05, 0.1) is 18.6 Å². The van der Waals surface area contributed by atoms with Gasteiger partial charge in [-0.3, -0.25) is 9.59 Å². The van der Waals surface area contributed by atoms with Gasteiger partial charge in [-0.15, -0.1) is 0 Å². The van der Waals surface area contributed by atoms with Crippen LogP contribution in [-0.2, 0) is 9.59 Å². The number of amides is 1. The van der Waals surface area contributed by atoms with Gasteiger partial charge in [-0.05, 0) is 38.5 Å². The second kappa shape index (κ2) is 6.16. The number of aliphatic carboxylic acids is 1. The highest BCUT2D eigenvalue weighted by molar-refractivity contribution is 5.87. The second-order valence-electron chi connectivity index (χ2n) is 5.49. The lowest BCUT2D eigenvalue weighted by atomic mass is 9.93. The Labute approximate surface area is 124 Å². The normalized spacial score (nSPS) is 21.9. The van der Waals surface area contributed by atoms with Gasteiger partial charge >= 0.3 is 5.97 Å². The third-order valence-electron chi connectivity index (χ3n) is 3.75. The number of rotatable bonds is 5. The molecule has 114 valence electrons. The third kappa shape index (κ3) is 3.01. The number of carbonyl (C=O) groups excluding carboxylic acids is 1. The second-order valence-corrected chi connectivity index (χ2v) is 5.49. The van der Waals surface area contributed by atoms with Crippen LogP contribution in [0.25, 0.3) is 0 Å². The van der Waals surface area contributed by atoms with E-state index in [0.29, 0.717) is 12.4 Å². The highest BCUT2D eigenvalue weighted by Gasteiger charge is 2.45. The molecule has 1 aliphatic heterocycles. The summed E-state index contributed by atoms with van der Waals surface area (Å²) in [4.78, 5) is 25.3. The van der Waals surface area contributed by atoms with Gasteiger partial charge in [0, 0.05) is 12.5 Å². The van der Waals surface area contributed by atoms with Crippen molar-refractivity contribution in [2.75, 3.05) is 6.61 Å². The van der Waals surface area contributed by atoms with Crippen molar-refractivity contribution >= 4 is 11.9 Å². The van der Waals surface area contributed by atoms with Crippen LogP contribution in [0.3, 0.4) is 0 Å². The summed E-state index contributed by atoms with van der Waals surface area (Å²) in [6.07, 6.45) is 0.0526. The summed E-state index contributed by atoms with van der Waals surface area (Å²) in [6, 6.07) is 6.88. The van der Waals surface area contributed by atoms with E-state index < -0.39 is 17.9 Å². The van der Waals surface area contributed by atoms with Crippen LogP contribution < -0.4 is 4.74 Å². The number of carboxylic acid groups (broad SMARTS) is 1. The third-order valence-corrected chi connectivity index (χ3v) is 3.75. The van der Waals surface area contributed by atoms with Crippen LogP contribution in [0.1, 0.15) is 38.8 Å². The van der Waals surface area contributed by atoms with Gasteiger partial charge in [0.15, 0.2) is 0 Å². The molecule has 0 spiro atoms. The maximum absolute atomic E-state index is 12.2. The summed E-state index contributed by atoms with van der Waals surface area (Å²) in [5.74, 6) is -1.05. The molecular weight excluding hydrogens is 270 g/mol. The largest absolute Gasteiger partial charge is 0.494 e. The molecule has 5 heteroatoms. The Morgan fingerprint density at radius 2 is 2.19 bits per heavy atom. The fraction of sp³-hybridized carbons (Fsp3) is 0.500. The number of nitrogens with zero attached hydrogens (tertiary/aromatic N) is 1. The lowest BCUT2D eigenvalue weighted by Crippen LogP contribution is -2.36. The fourth-order valence-corrected chi connectivity index (χ4v) is 2.93. The molecule has 5 nitrogen and oxygen atoms in total. The quantitative estimate of drug-likeness (QED) is 0.905. The van der Waals surface area contributed by atoms with Crippen molar-refractivity contribution in [1.29, 1.82) is 0 Å². The topological polar surface area (TPSA) is 66.8 Å². The minimum Gasteiger partial charge on any atom is -0.494 e. The van der Waals surface area contributed by atoms with Crippen molar-refractivity contribution in [3.63, 3.8) is 0 Å². The van der Waals surface area contributed by atoms with E-state index in [-0.39, 0.29) is 18.4 Å². The molecule has 0 aliphatic carbocycles. The van der Waals surface area contributed by atoms with E-state index in [9.17, 15) is 14.7 Å². The van der Waals surface area contributed by atoms with Crippen LogP contribution in [0.5, 0.6) is 5.75 Å². The highest BCUT2D eigenvalue weighted by atomic mass is 16.5. The molecule has 0 bridgehead atoms. The van der Waals surface area contributed by atoms with Crippen LogP contribution in [-0.4, -0.2) is 34.5 Å². The first-order valence-corrected chi connectivity index (χ1v) is 7.22. The predicted octanol–water partition coefficient (Wildman–Crippen LogP) is 2.47. The maximum atomic E-state index is 12.2. The van der Waals surface area contributed by atoms with Crippen LogP contribution >= 0.6 is 0 Å². The maximum Gasteiger partial charge on any atom is 0.309 e. The van der Waals surface area contributed by atoms with Crippen LogP contribution in [0.4, 0.5) is 0 Å². The Kier molecular flexibility index (Phi) is 4.50. The minimum absolute atomic E-state index is 0.0393. The average Bonchev–Trinajstić information content (AvgIpc) is 2.77. The molecule has 1 aliphatic rings. The SMILES string of the molecule is CCOc1cccc(C2C(C(=O)O)CC(=O)N2C(C)C)c1. The summed E-state index contributed by atoms with van der Waals surface area (Å²) in [6.45, 7) is 6.25. The summed E-state index contributed by atoms with van der Waals surface area (Å²) in [5.41, 5.74) is 0.813. The molecule has 0 aromatic heterocycles. The molecule has 1 fully saturated rings. The molecule has 1 amide bonds. The molecule has 0 radical (unpaired) electrons. The van der Waals surface area contributed by atoms with E-state index in [1.807, 2.05) is 45.0 Å². The monoisotopic (exact) mass is 291 g/mol. The number of likely N-dealkylation sites (tertiary alicyclic amines) is 1. The molecule has 1 heterocycles. The van der Waals surface area contributed by atoms with Gasteiger partial charge in [-0.1, -0.05) is 12.1 Å². The average molecular weight is 291 g/mol. The fourth-order valence-electron chi connectivity index (χ4n) is 2.93. The summed E-state index contributed by atoms with van der Waals surface area (Å²) in [5, 5.41) is 9.42. The first kappa shape index (κ1) is 15.4. The van der Waals surface area contributed by atoms with Crippen LogP contribution in [0.15, 0.2) is 24.3 Å².